The molecule has 39 heavy (non-hydrogen) atoms. The van der Waals surface area contributed by atoms with E-state index in [0.717, 1.165) is 43.5 Å². The SMILES string of the molecule is Cc1cc[nH]c1/C=C1\C(=O)N(C)c2ccc([N+](=O)[O-])c(C#CC(O)c3ccc(CCCCCN(C)C)cc3)c21. The maximum atomic E-state index is 13.1. The standard InChI is InChI=1S/C31H34N4O4/c1-21-17-18-32-26(21)20-25-30-24(27(35(38)39)14-15-28(30)34(4)31(25)37)13-16-29(36)23-11-9-22(10-12-23)8-6-5-7-19-33(2)3/h9-12,14-15,17-18,20,29,32,36H,5-8,19H2,1-4H3/b25-20-. The lowest BCUT2D eigenvalue weighted by Crippen LogP contribution is -2.20. The van der Waals surface area contributed by atoms with E-state index in [1.807, 2.05) is 37.3 Å². The van der Waals surface area contributed by atoms with Crippen molar-refractivity contribution >= 4 is 28.9 Å². The Kier molecular flexibility index (Phi) is 8.65. The highest BCUT2D eigenvalue weighted by Crippen LogP contribution is 2.42. The number of amides is 1. The number of fused-ring (bicyclic) bond motifs is 1. The van der Waals surface area contributed by atoms with Gasteiger partial charge in [-0.2, -0.15) is 0 Å². The molecule has 1 aliphatic heterocycles. The number of aryl methyl sites for hydroxylation is 2. The third-order valence-corrected chi connectivity index (χ3v) is 7.01. The number of likely N-dealkylation sites (N-methyl/N-ethyl adjacent to an activating group) is 1. The number of nitro groups is 1. The van der Waals surface area contributed by atoms with Crippen LogP contribution in [-0.4, -0.2) is 53.5 Å². The number of carbonyl (C=O) groups excluding carboxylic acids is 1. The number of benzene rings is 2. The third kappa shape index (κ3) is 6.28. The number of unbranched alkanes of at least 4 members (excludes halogenated alkanes) is 2. The summed E-state index contributed by atoms with van der Waals surface area (Å²) in [5, 5.41) is 22.7. The van der Waals surface area contributed by atoms with Gasteiger partial charge in [-0.1, -0.05) is 42.5 Å². The summed E-state index contributed by atoms with van der Waals surface area (Å²) in [6.45, 7) is 2.99. The highest BCUT2D eigenvalue weighted by molar-refractivity contribution is 6.36. The molecule has 1 aromatic heterocycles. The van der Waals surface area contributed by atoms with Gasteiger partial charge in [-0.25, -0.2) is 0 Å². The Balaban J connectivity index is 1.61. The zero-order valence-corrected chi connectivity index (χ0v) is 22.8. The van der Waals surface area contributed by atoms with Crippen LogP contribution < -0.4 is 4.90 Å². The van der Waals surface area contributed by atoms with Crippen LogP contribution in [0.1, 0.15) is 58.9 Å². The van der Waals surface area contributed by atoms with Gasteiger partial charge >= 0.3 is 0 Å². The molecular formula is C31H34N4O4. The number of nitrogens with zero attached hydrogens (tertiary/aromatic N) is 3. The van der Waals surface area contributed by atoms with Crippen molar-refractivity contribution in [2.24, 2.45) is 0 Å². The first-order valence-electron chi connectivity index (χ1n) is 13.1. The number of aliphatic hydroxyl groups excluding tert-OH is 1. The molecule has 0 aliphatic carbocycles. The van der Waals surface area contributed by atoms with E-state index in [-0.39, 0.29) is 17.2 Å². The van der Waals surface area contributed by atoms with Crippen molar-refractivity contribution in [1.29, 1.82) is 0 Å². The summed E-state index contributed by atoms with van der Waals surface area (Å²) in [5.41, 5.74) is 4.63. The van der Waals surface area contributed by atoms with Crippen LogP contribution in [0.3, 0.4) is 0 Å². The summed E-state index contributed by atoms with van der Waals surface area (Å²) in [7, 11) is 5.79. The fourth-order valence-electron chi connectivity index (χ4n) is 4.73. The lowest BCUT2D eigenvalue weighted by atomic mass is 9.97. The van der Waals surface area contributed by atoms with Crippen LogP contribution in [0.2, 0.25) is 0 Å². The Bertz CT molecular complexity index is 1460. The first-order valence-corrected chi connectivity index (χ1v) is 13.1. The summed E-state index contributed by atoms with van der Waals surface area (Å²) in [4.78, 5) is 31.3. The van der Waals surface area contributed by atoms with Crippen molar-refractivity contribution in [1.82, 2.24) is 9.88 Å². The molecule has 0 fully saturated rings. The van der Waals surface area contributed by atoms with Gasteiger partial charge in [0.2, 0.25) is 0 Å². The number of aliphatic hydroxyl groups is 1. The lowest BCUT2D eigenvalue weighted by molar-refractivity contribution is -0.385. The van der Waals surface area contributed by atoms with E-state index in [0.29, 0.717) is 22.4 Å². The number of carbonyl (C=O) groups is 1. The van der Waals surface area contributed by atoms with E-state index in [4.69, 9.17) is 0 Å². The third-order valence-electron chi connectivity index (χ3n) is 7.01. The summed E-state index contributed by atoms with van der Waals surface area (Å²) in [6, 6.07) is 12.5. The lowest BCUT2D eigenvalue weighted by Gasteiger charge is -2.10. The Morgan fingerprint density at radius 1 is 1.13 bits per heavy atom. The van der Waals surface area contributed by atoms with E-state index in [1.54, 1.807) is 25.4 Å². The summed E-state index contributed by atoms with van der Waals surface area (Å²) in [5.74, 6) is 5.36. The normalized spacial score (nSPS) is 14.5. The van der Waals surface area contributed by atoms with Crippen molar-refractivity contribution in [3.05, 3.63) is 92.3 Å². The highest BCUT2D eigenvalue weighted by Gasteiger charge is 2.35. The average molecular weight is 527 g/mol. The molecule has 0 saturated heterocycles. The van der Waals surface area contributed by atoms with Gasteiger partial charge in [-0.3, -0.25) is 14.9 Å². The van der Waals surface area contributed by atoms with Gasteiger partial charge in [-0.15, -0.1) is 0 Å². The fraction of sp³-hybridized carbons (Fsp3) is 0.323. The van der Waals surface area contributed by atoms with Crippen molar-refractivity contribution < 1.29 is 14.8 Å². The first-order chi connectivity index (χ1) is 18.7. The van der Waals surface area contributed by atoms with Crippen LogP contribution in [0.25, 0.3) is 11.6 Å². The van der Waals surface area contributed by atoms with E-state index in [2.05, 4.69) is 35.8 Å². The second-order valence-electron chi connectivity index (χ2n) is 10.1. The minimum atomic E-state index is -1.14. The van der Waals surface area contributed by atoms with Crippen LogP contribution in [0.5, 0.6) is 0 Å². The van der Waals surface area contributed by atoms with Crippen LogP contribution >= 0.6 is 0 Å². The Hall–Kier alpha value is -4.19. The second-order valence-corrected chi connectivity index (χ2v) is 10.1. The van der Waals surface area contributed by atoms with E-state index in [9.17, 15) is 20.0 Å². The molecule has 8 heteroatoms. The number of hydrogen-bond donors (Lipinski definition) is 2. The average Bonchev–Trinajstić information content (AvgIpc) is 3.42. The predicted molar refractivity (Wildman–Crippen MR) is 154 cm³/mol. The largest absolute Gasteiger partial charge is 0.376 e. The number of aromatic amines is 1. The molecule has 2 N–H and O–H groups in total. The summed E-state index contributed by atoms with van der Waals surface area (Å²) < 4.78 is 0. The molecule has 2 aromatic carbocycles. The summed E-state index contributed by atoms with van der Waals surface area (Å²) >= 11 is 0. The molecule has 3 aromatic rings. The van der Waals surface area contributed by atoms with Crippen LogP contribution in [0.4, 0.5) is 11.4 Å². The van der Waals surface area contributed by atoms with E-state index < -0.39 is 11.0 Å². The topological polar surface area (TPSA) is 103 Å². The number of hydrogen-bond acceptors (Lipinski definition) is 5. The molecule has 4 rings (SSSR count). The monoisotopic (exact) mass is 526 g/mol. The molecule has 8 nitrogen and oxygen atoms in total. The Morgan fingerprint density at radius 3 is 2.51 bits per heavy atom. The molecular weight excluding hydrogens is 492 g/mol. The molecule has 0 saturated carbocycles. The zero-order chi connectivity index (χ0) is 28.1. The van der Waals surface area contributed by atoms with Gasteiger partial charge in [-0.05, 0) is 81.7 Å². The molecule has 0 radical (unpaired) electrons. The smallest absolute Gasteiger partial charge is 0.285 e. The Morgan fingerprint density at radius 2 is 1.87 bits per heavy atom. The minimum Gasteiger partial charge on any atom is -0.376 e. The number of H-pyrrole nitrogens is 1. The van der Waals surface area contributed by atoms with Gasteiger partial charge in [0.1, 0.15) is 11.7 Å². The van der Waals surface area contributed by atoms with Gasteiger partial charge in [0.05, 0.1) is 16.2 Å². The molecule has 0 spiro atoms. The summed E-state index contributed by atoms with van der Waals surface area (Å²) in [6.07, 6.45) is 6.72. The molecule has 1 amide bonds. The fourth-order valence-corrected chi connectivity index (χ4v) is 4.73. The molecule has 1 atom stereocenters. The van der Waals surface area contributed by atoms with Crippen LogP contribution in [0, 0.1) is 28.9 Å². The van der Waals surface area contributed by atoms with Crippen molar-refractivity contribution in [2.75, 3.05) is 32.6 Å². The number of anilines is 1. The quantitative estimate of drug-likeness (QED) is 0.133. The minimum absolute atomic E-state index is 0.110. The van der Waals surface area contributed by atoms with Crippen molar-refractivity contribution in [3.8, 4) is 11.8 Å². The molecule has 1 aliphatic rings. The van der Waals surface area contributed by atoms with Gasteiger partial charge < -0.3 is 19.9 Å². The zero-order valence-electron chi connectivity index (χ0n) is 22.8. The molecule has 202 valence electrons. The Labute approximate surface area is 229 Å². The first kappa shape index (κ1) is 27.8. The van der Waals surface area contributed by atoms with E-state index >= 15 is 0 Å². The van der Waals surface area contributed by atoms with Gasteiger partial charge in [0.15, 0.2) is 0 Å². The number of aromatic nitrogens is 1. The van der Waals surface area contributed by atoms with Gasteiger partial charge in [0, 0.05) is 30.6 Å². The maximum Gasteiger partial charge on any atom is 0.285 e. The van der Waals surface area contributed by atoms with Crippen molar-refractivity contribution in [2.45, 2.75) is 38.7 Å². The van der Waals surface area contributed by atoms with E-state index in [1.165, 1.54) is 16.5 Å². The number of nitro benzene ring substituents is 1. The van der Waals surface area contributed by atoms with Crippen LogP contribution in [-0.2, 0) is 11.2 Å². The second kappa shape index (κ2) is 12.1. The number of rotatable bonds is 9. The van der Waals surface area contributed by atoms with Crippen LogP contribution in [0.15, 0.2) is 48.7 Å². The molecule has 1 unspecified atom stereocenters. The van der Waals surface area contributed by atoms with Crippen molar-refractivity contribution in [3.63, 3.8) is 0 Å². The van der Waals surface area contributed by atoms with Gasteiger partial charge in [0.25, 0.3) is 11.6 Å². The number of nitrogens with one attached hydrogen (secondary N) is 1. The molecule has 0 bridgehead atoms. The molecule has 2 heterocycles. The predicted octanol–water partition coefficient (Wildman–Crippen LogP) is 5.11. The highest BCUT2D eigenvalue weighted by atomic mass is 16.6. The maximum absolute atomic E-state index is 13.1.